The van der Waals surface area contributed by atoms with Gasteiger partial charge >= 0.3 is 25.5 Å². The summed E-state index contributed by atoms with van der Waals surface area (Å²) < 4.78 is 34.1. The Labute approximate surface area is 175 Å². The number of carbonyl (C=O) groups excluding carboxylic acids is 2. The Kier molecular flexibility index (Phi) is 11.9. The van der Waals surface area contributed by atoms with Gasteiger partial charge in [-0.1, -0.05) is 33.6 Å². The van der Waals surface area contributed by atoms with Crippen LogP contribution in [-0.2, 0) is 37.5 Å². The molecule has 11 heteroatoms. The fraction of sp³-hybridized carbons (Fsp3) is 0.833. The van der Waals surface area contributed by atoms with Crippen molar-refractivity contribution in [2.75, 3.05) is 19.3 Å². The Bertz CT molecular complexity index is 572. The number of ether oxygens (including phenoxy) is 2. The molecule has 1 aliphatic heterocycles. The summed E-state index contributed by atoms with van der Waals surface area (Å²) in [6, 6.07) is 0. The van der Waals surface area contributed by atoms with Gasteiger partial charge in [-0.05, 0) is 12.8 Å². The number of unbranched alkanes of at least 4 members (excludes halogenated alkanes) is 1. The van der Waals surface area contributed by atoms with Gasteiger partial charge in [-0.2, -0.15) is 11.8 Å². The van der Waals surface area contributed by atoms with Crippen LogP contribution >= 0.6 is 19.4 Å². The second-order valence-corrected chi connectivity index (χ2v) is 10.2. The lowest BCUT2D eigenvalue weighted by molar-refractivity contribution is -0.152. The standard InChI is InChI=1S/C18H31O9PS/c1-4-7-8-15-14(9-13(10-29-15)18(21)22)28(23,26-11-24-16(19)5-2)27-12-25-17(20)6-3/h13-15H,4-12H2,1-3H3,(H,21,22)/t13-,14-,15-/m0/s1. The summed E-state index contributed by atoms with van der Waals surface area (Å²) in [4.78, 5) is 34.3. The predicted molar refractivity (Wildman–Crippen MR) is 108 cm³/mol. The molecule has 0 radical (unpaired) electrons. The van der Waals surface area contributed by atoms with Crippen molar-refractivity contribution in [2.24, 2.45) is 5.92 Å². The quantitative estimate of drug-likeness (QED) is 0.249. The third kappa shape index (κ3) is 8.66. The molecule has 0 unspecified atom stereocenters. The Morgan fingerprint density at radius 3 is 2.03 bits per heavy atom. The number of thioether (sulfide) groups is 1. The lowest BCUT2D eigenvalue weighted by Crippen LogP contribution is -2.37. The smallest absolute Gasteiger partial charge is 0.340 e. The first-order valence-corrected chi connectivity index (χ1v) is 12.5. The van der Waals surface area contributed by atoms with Crippen molar-refractivity contribution in [1.82, 2.24) is 0 Å². The summed E-state index contributed by atoms with van der Waals surface area (Å²) in [6.45, 7) is 4.09. The summed E-state index contributed by atoms with van der Waals surface area (Å²) >= 11 is 1.43. The summed E-state index contributed by atoms with van der Waals surface area (Å²) in [5.74, 6) is -2.32. The average Bonchev–Trinajstić information content (AvgIpc) is 2.71. The summed E-state index contributed by atoms with van der Waals surface area (Å²) in [6.07, 6.45) is 2.89. The van der Waals surface area contributed by atoms with Crippen molar-refractivity contribution in [3.8, 4) is 0 Å². The molecular formula is C18H31O9PS. The molecular weight excluding hydrogens is 423 g/mol. The number of aliphatic carboxylic acids is 1. The number of carbonyl (C=O) groups is 3. The Morgan fingerprint density at radius 2 is 1.59 bits per heavy atom. The van der Waals surface area contributed by atoms with E-state index in [4.69, 9.17) is 18.5 Å². The maximum absolute atomic E-state index is 13.6. The minimum atomic E-state index is -3.94. The number of hydrogen-bond acceptors (Lipinski definition) is 9. The zero-order chi connectivity index (χ0) is 21.9. The lowest BCUT2D eigenvalue weighted by atomic mass is 10.0. The van der Waals surface area contributed by atoms with Gasteiger partial charge in [0.05, 0.1) is 11.6 Å². The molecule has 29 heavy (non-hydrogen) atoms. The molecule has 1 aliphatic rings. The maximum atomic E-state index is 13.6. The molecule has 168 valence electrons. The van der Waals surface area contributed by atoms with Crippen molar-refractivity contribution in [2.45, 2.75) is 70.2 Å². The second kappa shape index (κ2) is 13.3. The summed E-state index contributed by atoms with van der Waals surface area (Å²) in [5, 5.41) is 9.28. The fourth-order valence-corrected chi connectivity index (χ4v) is 6.87. The second-order valence-electron chi connectivity index (χ2n) is 6.63. The first-order valence-electron chi connectivity index (χ1n) is 9.81. The molecule has 0 aliphatic carbocycles. The number of carboxylic acid groups (broad SMARTS) is 1. The molecule has 1 heterocycles. The van der Waals surface area contributed by atoms with E-state index < -0.39 is 50.7 Å². The van der Waals surface area contributed by atoms with Gasteiger partial charge in [0.25, 0.3) is 0 Å². The van der Waals surface area contributed by atoms with Gasteiger partial charge in [0.2, 0.25) is 13.6 Å². The van der Waals surface area contributed by atoms with Crippen LogP contribution in [0.3, 0.4) is 0 Å². The van der Waals surface area contributed by atoms with E-state index in [1.807, 2.05) is 6.92 Å². The van der Waals surface area contributed by atoms with E-state index in [2.05, 4.69) is 0 Å². The SMILES string of the molecule is CCCC[C@@H]1SC[C@@H](C(=O)O)C[C@@H]1P(=O)(OCOC(=O)CC)OCOC(=O)CC. The molecule has 0 aromatic carbocycles. The largest absolute Gasteiger partial charge is 0.481 e. The highest BCUT2D eigenvalue weighted by Gasteiger charge is 2.47. The Morgan fingerprint density at radius 1 is 1.03 bits per heavy atom. The third-order valence-electron chi connectivity index (χ3n) is 4.55. The molecule has 3 atom stereocenters. The van der Waals surface area contributed by atoms with Crippen LogP contribution in [-0.4, -0.2) is 53.3 Å². The van der Waals surface area contributed by atoms with E-state index in [0.29, 0.717) is 5.75 Å². The highest BCUT2D eigenvalue weighted by atomic mass is 32.2. The van der Waals surface area contributed by atoms with Crippen LogP contribution in [0, 0.1) is 5.92 Å². The zero-order valence-electron chi connectivity index (χ0n) is 17.2. The fourth-order valence-electron chi connectivity index (χ4n) is 2.81. The first-order chi connectivity index (χ1) is 13.8. The summed E-state index contributed by atoms with van der Waals surface area (Å²) in [5.41, 5.74) is -0.713. The normalized spacial score (nSPS) is 22.1. The van der Waals surface area contributed by atoms with Gasteiger partial charge in [0, 0.05) is 23.8 Å². The molecule has 0 aromatic heterocycles. The van der Waals surface area contributed by atoms with Crippen LogP contribution in [0.25, 0.3) is 0 Å². The van der Waals surface area contributed by atoms with Gasteiger partial charge in [0.1, 0.15) is 0 Å². The average molecular weight is 454 g/mol. The third-order valence-corrected chi connectivity index (χ3v) is 8.65. The Hall–Kier alpha value is -1.09. The van der Waals surface area contributed by atoms with Crippen LogP contribution in [0.4, 0.5) is 0 Å². The van der Waals surface area contributed by atoms with Crippen molar-refractivity contribution >= 4 is 37.3 Å². The molecule has 1 N–H and O–H groups in total. The van der Waals surface area contributed by atoms with Crippen molar-refractivity contribution in [1.29, 1.82) is 0 Å². The molecule has 1 saturated heterocycles. The minimum Gasteiger partial charge on any atom is -0.481 e. The van der Waals surface area contributed by atoms with E-state index in [1.54, 1.807) is 13.8 Å². The molecule has 0 amide bonds. The molecule has 9 nitrogen and oxygen atoms in total. The van der Waals surface area contributed by atoms with Gasteiger partial charge in [-0.3, -0.25) is 28.0 Å². The van der Waals surface area contributed by atoms with Gasteiger partial charge in [0.15, 0.2) is 0 Å². The van der Waals surface area contributed by atoms with Crippen LogP contribution in [0.15, 0.2) is 0 Å². The van der Waals surface area contributed by atoms with Crippen LogP contribution in [0.5, 0.6) is 0 Å². The van der Waals surface area contributed by atoms with Gasteiger partial charge in [-0.25, -0.2) is 0 Å². The first kappa shape index (κ1) is 25.9. The van der Waals surface area contributed by atoms with Crippen LogP contribution in [0.2, 0.25) is 0 Å². The molecule has 0 spiro atoms. The molecule has 1 rings (SSSR count). The van der Waals surface area contributed by atoms with E-state index in [-0.39, 0.29) is 24.5 Å². The topological polar surface area (TPSA) is 125 Å². The monoisotopic (exact) mass is 454 g/mol. The minimum absolute atomic E-state index is 0.109. The van der Waals surface area contributed by atoms with E-state index in [9.17, 15) is 24.1 Å². The number of hydrogen-bond donors (Lipinski definition) is 1. The Balaban J connectivity index is 3.00. The highest BCUT2D eigenvalue weighted by molar-refractivity contribution is 8.00. The van der Waals surface area contributed by atoms with Gasteiger partial charge < -0.3 is 14.6 Å². The van der Waals surface area contributed by atoms with Crippen molar-refractivity contribution < 1.29 is 42.6 Å². The predicted octanol–water partition coefficient (Wildman–Crippen LogP) is 3.80. The molecule has 0 saturated carbocycles. The van der Waals surface area contributed by atoms with E-state index in [0.717, 1.165) is 19.3 Å². The van der Waals surface area contributed by atoms with Crippen LogP contribution in [0.1, 0.15) is 59.3 Å². The highest BCUT2D eigenvalue weighted by Crippen LogP contribution is 2.60. The van der Waals surface area contributed by atoms with Gasteiger partial charge in [-0.15, -0.1) is 0 Å². The van der Waals surface area contributed by atoms with E-state index in [1.165, 1.54) is 11.8 Å². The molecule has 1 fully saturated rings. The molecule has 0 bridgehead atoms. The van der Waals surface area contributed by atoms with Crippen molar-refractivity contribution in [3.05, 3.63) is 0 Å². The molecule has 0 aromatic rings. The van der Waals surface area contributed by atoms with Crippen molar-refractivity contribution in [3.63, 3.8) is 0 Å². The lowest BCUT2D eigenvalue weighted by Gasteiger charge is -2.37. The zero-order valence-corrected chi connectivity index (χ0v) is 18.9. The number of esters is 2. The van der Waals surface area contributed by atoms with Crippen LogP contribution < -0.4 is 0 Å². The maximum Gasteiger partial charge on any atom is 0.340 e. The van der Waals surface area contributed by atoms with E-state index >= 15 is 0 Å². The number of carboxylic acids is 1. The number of rotatable bonds is 13. The summed E-state index contributed by atoms with van der Waals surface area (Å²) in [7, 11) is -3.94.